The summed E-state index contributed by atoms with van der Waals surface area (Å²) in [6.45, 7) is 0.751. The van der Waals surface area contributed by atoms with E-state index in [4.69, 9.17) is 20.9 Å². The monoisotopic (exact) mass is 297 g/mol. The second kappa shape index (κ2) is 5.47. The van der Waals surface area contributed by atoms with E-state index in [1.54, 1.807) is 13.2 Å². The third-order valence-electron chi connectivity index (χ3n) is 3.34. The summed E-state index contributed by atoms with van der Waals surface area (Å²) in [6, 6.07) is 4.31. The lowest BCUT2D eigenvalue weighted by molar-refractivity contribution is 0.116. The smallest absolute Gasteiger partial charge is 0.244 e. The molecule has 2 atom stereocenters. The zero-order chi connectivity index (χ0) is 14.1. The molecule has 7 heteroatoms. The van der Waals surface area contributed by atoms with E-state index in [1.165, 1.54) is 12.1 Å². The maximum Gasteiger partial charge on any atom is 0.244 e. The molecule has 1 aromatic carbocycles. The van der Waals surface area contributed by atoms with E-state index < -0.39 is 5.82 Å². The van der Waals surface area contributed by atoms with Crippen LogP contribution in [0.15, 0.2) is 22.7 Å². The van der Waals surface area contributed by atoms with E-state index >= 15 is 0 Å². The Morgan fingerprint density at radius 2 is 2.35 bits per heavy atom. The molecule has 2 aromatic rings. The third kappa shape index (κ3) is 2.54. The molecule has 2 heterocycles. The minimum absolute atomic E-state index is 0.0166. The quantitative estimate of drug-likeness (QED) is 0.943. The number of halogens is 2. The van der Waals surface area contributed by atoms with Gasteiger partial charge in [-0.1, -0.05) is 16.8 Å². The maximum absolute atomic E-state index is 13.1. The molecule has 2 unspecified atom stereocenters. The zero-order valence-corrected chi connectivity index (χ0v) is 11.5. The SMILES string of the molecule is COC1CNC(c2nc(-c3ccc(F)c(Cl)c3)no2)C1. The summed E-state index contributed by atoms with van der Waals surface area (Å²) in [5, 5.41) is 7.19. The predicted molar refractivity (Wildman–Crippen MR) is 70.9 cm³/mol. The summed E-state index contributed by atoms with van der Waals surface area (Å²) < 4.78 is 23.6. The molecule has 1 aliphatic heterocycles. The van der Waals surface area contributed by atoms with Crippen LogP contribution in [0.3, 0.4) is 0 Å². The van der Waals surface area contributed by atoms with Crippen LogP contribution in [0.1, 0.15) is 18.4 Å². The lowest BCUT2D eigenvalue weighted by Gasteiger charge is -2.04. The first-order valence-electron chi connectivity index (χ1n) is 6.22. The van der Waals surface area contributed by atoms with Crippen molar-refractivity contribution < 1.29 is 13.7 Å². The van der Waals surface area contributed by atoms with Crippen LogP contribution in [0.2, 0.25) is 5.02 Å². The Morgan fingerprint density at radius 3 is 3.05 bits per heavy atom. The van der Waals surface area contributed by atoms with E-state index in [0.717, 1.165) is 13.0 Å². The standard InChI is InChI=1S/C13H13ClFN3O2/c1-19-8-5-11(16-6-8)13-17-12(18-20-13)7-2-3-10(15)9(14)4-7/h2-4,8,11,16H,5-6H2,1H3. The molecule has 0 bridgehead atoms. The predicted octanol–water partition coefficient (Wildman–Crippen LogP) is 2.58. The number of hydrogen-bond donors (Lipinski definition) is 1. The van der Waals surface area contributed by atoms with Crippen molar-refractivity contribution in [3.63, 3.8) is 0 Å². The minimum Gasteiger partial charge on any atom is -0.380 e. The summed E-state index contributed by atoms with van der Waals surface area (Å²) in [5.74, 6) is 0.420. The average Bonchev–Trinajstić information content (AvgIpc) is 3.09. The van der Waals surface area contributed by atoms with Gasteiger partial charge in [0.05, 0.1) is 17.2 Å². The first-order valence-corrected chi connectivity index (χ1v) is 6.60. The normalized spacial score (nSPS) is 22.4. The number of nitrogens with zero attached hydrogens (tertiary/aromatic N) is 2. The summed E-state index contributed by atoms with van der Waals surface area (Å²) >= 11 is 5.75. The number of rotatable bonds is 3. The molecule has 1 saturated heterocycles. The topological polar surface area (TPSA) is 60.2 Å². The van der Waals surface area contributed by atoms with Crippen LogP contribution in [0, 0.1) is 5.82 Å². The van der Waals surface area contributed by atoms with Crippen LogP contribution in [-0.2, 0) is 4.74 Å². The molecular weight excluding hydrogens is 285 g/mol. The van der Waals surface area contributed by atoms with Gasteiger partial charge in [0.1, 0.15) is 5.82 Å². The fourth-order valence-electron chi connectivity index (χ4n) is 2.20. The van der Waals surface area contributed by atoms with Crippen LogP contribution < -0.4 is 5.32 Å². The number of methoxy groups -OCH3 is 1. The molecule has 0 amide bonds. The Hall–Kier alpha value is -1.50. The fraction of sp³-hybridized carbons (Fsp3) is 0.385. The Balaban J connectivity index is 1.81. The van der Waals surface area contributed by atoms with Crippen molar-refractivity contribution in [2.24, 2.45) is 0 Å². The molecule has 20 heavy (non-hydrogen) atoms. The largest absolute Gasteiger partial charge is 0.380 e. The fourth-order valence-corrected chi connectivity index (χ4v) is 2.38. The van der Waals surface area contributed by atoms with Crippen molar-refractivity contribution in [2.75, 3.05) is 13.7 Å². The van der Waals surface area contributed by atoms with Gasteiger partial charge in [-0.25, -0.2) is 4.39 Å². The van der Waals surface area contributed by atoms with E-state index in [9.17, 15) is 4.39 Å². The van der Waals surface area contributed by atoms with Gasteiger partial charge in [0.2, 0.25) is 11.7 Å². The Morgan fingerprint density at radius 1 is 1.50 bits per heavy atom. The molecule has 5 nitrogen and oxygen atoms in total. The van der Waals surface area contributed by atoms with Gasteiger partial charge in [0.25, 0.3) is 0 Å². The highest BCUT2D eigenvalue weighted by molar-refractivity contribution is 6.31. The number of hydrogen-bond acceptors (Lipinski definition) is 5. The van der Waals surface area contributed by atoms with Gasteiger partial charge >= 0.3 is 0 Å². The van der Waals surface area contributed by atoms with Crippen molar-refractivity contribution in [1.29, 1.82) is 0 Å². The first-order chi connectivity index (χ1) is 9.67. The average molecular weight is 298 g/mol. The highest BCUT2D eigenvalue weighted by atomic mass is 35.5. The maximum atomic E-state index is 13.1. The highest BCUT2D eigenvalue weighted by Gasteiger charge is 2.29. The Bertz CT molecular complexity index is 619. The van der Waals surface area contributed by atoms with Gasteiger partial charge in [-0.2, -0.15) is 4.98 Å². The van der Waals surface area contributed by atoms with E-state index in [0.29, 0.717) is 17.3 Å². The Labute approximate surface area is 120 Å². The molecule has 0 radical (unpaired) electrons. The van der Waals surface area contributed by atoms with Crippen molar-refractivity contribution in [3.8, 4) is 11.4 Å². The third-order valence-corrected chi connectivity index (χ3v) is 3.63. The van der Waals surface area contributed by atoms with Crippen molar-refractivity contribution in [2.45, 2.75) is 18.6 Å². The molecule has 3 rings (SSSR count). The Kier molecular flexibility index (Phi) is 3.69. The van der Waals surface area contributed by atoms with Crippen LogP contribution >= 0.6 is 11.6 Å². The molecule has 1 aliphatic rings. The van der Waals surface area contributed by atoms with Gasteiger partial charge in [0.15, 0.2) is 0 Å². The second-order valence-corrected chi connectivity index (χ2v) is 5.05. The van der Waals surface area contributed by atoms with Crippen LogP contribution in [0.5, 0.6) is 0 Å². The van der Waals surface area contributed by atoms with E-state index in [1.807, 2.05) is 0 Å². The molecule has 1 fully saturated rings. The summed E-state index contributed by atoms with van der Waals surface area (Å²) in [7, 11) is 1.68. The molecule has 0 aliphatic carbocycles. The van der Waals surface area contributed by atoms with E-state index in [-0.39, 0.29) is 17.2 Å². The van der Waals surface area contributed by atoms with Gasteiger partial charge < -0.3 is 14.6 Å². The molecule has 0 spiro atoms. The van der Waals surface area contributed by atoms with Gasteiger partial charge in [-0.3, -0.25) is 0 Å². The number of nitrogens with one attached hydrogen (secondary N) is 1. The number of aromatic nitrogens is 2. The highest BCUT2D eigenvalue weighted by Crippen LogP contribution is 2.27. The summed E-state index contributed by atoms with van der Waals surface area (Å²) in [5.41, 5.74) is 0.618. The first kappa shape index (κ1) is 13.5. The van der Waals surface area contributed by atoms with E-state index in [2.05, 4.69) is 15.5 Å². The lowest BCUT2D eigenvalue weighted by Crippen LogP contribution is -2.16. The zero-order valence-electron chi connectivity index (χ0n) is 10.8. The molecule has 0 saturated carbocycles. The lowest BCUT2D eigenvalue weighted by atomic mass is 10.2. The molecule has 1 aromatic heterocycles. The van der Waals surface area contributed by atoms with Crippen LogP contribution in [0.4, 0.5) is 4.39 Å². The van der Waals surface area contributed by atoms with Crippen molar-refractivity contribution in [1.82, 2.24) is 15.5 Å². The minimum atomic E-state index is -0.473. The summed E-state index contributed by atoms with van der Waals surface area (Å²) in [4.78, 5) is 4.33. The van der Waals surface area contributed by atoms with Crippen molar-refractivity contribution in [3.05, 3.63) is 34.9 Å². The van der Waals surface area contributed by atoms with Crippen molar-refractivity contribution >= 4 is 11.6 Å². The molecule has 106 valence electrons. The summed E-state index contributed by atoms with van der Waals surface area (Å²) in [6.07, 6.45) is 0.929. The number of ether oxygens (including phenoxy) is 1. The van der Waals surface area contributed by atoms with Gasteiger partial charge in [0, 0.05) is 19.2 Å². The second-order valence-electron chi connectivity index (χ2n) is 4.64. The van der Waals surface area contributed by atoms with Crippen LogP contribution in [0.25, 0.3) is 11.4 Å². The van der Waals surface area contributed by atoms with Crippen LogP contribution in [-0.4, -0.2) is 29.9 Å². The molecule has 1 N–H and O–H groups in total. The molecular formula is C13H13ClFN3O2. The van der Waals surface area contributed by atoms with Gasteiger partial charge in [-0.05, 0) is 24.6 Å². The van der Waals surface area contributed by atoms with Gasteiger partial charge in [-0.15, -0.1) is 0 Å². The number of benzene rings is 1.